The van der Waals surface area contributed by atoms with Gasteiger partial charge in [-0.25, -0.2) is 0 Å². The van der Waals surface area contributed by atoms with Gasteiger partial charge in [0, 0.05) is 42.7 Å². The molecular formula is C22H27N3O2. The average molecular weight is 365 g/mol. The van der Waals surface area contributed by atoms with E-state index in [1.54, 1.807) is 20.0 Å². The molecule has 27 heavy (non-hydrogen) atoms. The zero-order valence-electron chi connectivity index (χ0n) is 16.1. The van der Waals surface area contributed by atoms with Gasteiger partial charge in [0.25, 0.3) is 5.91 Å². The molecule has 0 radical (unpaired) electrons. The fraction of sp³-hybridized carbons (Fsp3) is 0.455. The first-order chi connectivity index (χ1) is 12.9. The van der Waals surface area contributed by atoms with Crippen molar-refractivity contribution in [2.24, 2.45) is 0 Å². The van der Waals surface area contributed by atoms with Gasteiger partial charge in [0.1, 0.15) is 5.60 Å². The Labute approximate surface area is 161 Å². The number of aryl methyl sites for hydroxylation is 1. The first kappa shape index (κ1) is 19.2. The molecule has 1 atom stereocenters. The van der Waals surface area contributed by atoms with Crippen molar-refractivity contribution < 1.29 is 9.90 Å². The molecule has 142 valence electrons. The van der Waals surface area contributed by atoms with Gasteiger partial charge in [-0.3, -0.25) is 9.48 Å². The molecular weight excluding hydrogens is 338 g/mol. The highest BCUT2D eigenvalue weighted by molar-refractivity contribution is 5.94. The molecule has 1 aromatic heterocycles. The number of aromatic nitrogens is 2. The Balaban J connectivity index is 1.73. The molecule has 1 aliphatic heterocycles. The molecule has 1 aliphatic rings. The number of rotatable bonds is 4. The van der Waals surface area contributed by atoms with Crippen LogP contribution in [0.5, 0.6) is 0 Å². The standard InChI is InChI=1S/C22H27N3O2/c1-22(2,27)12-10-18-7-5-8-19(17-18)21(26)25-15-4-3-9-20(25)11-16-24-14-6-13-23-24/h5-8,13-14,17,20,27H,3-4,9,11,15-16H2,1-2H3. The predicted molar refractivity (Wildman–Crippen MR) is 105 cm³/mol. The minimum absolute atomic E-state index is 0.0621. The van der Waals surface area contributed by atoms with Crippen LogP contribution in [0, 0.1) is 11.8 Å². The van der Waals surface area contributed by atoms with Gasteiger partial charge >= 0.3 is 0 Å². The van der Waals surface area contributed by atoms with Crippen molar-refractivity contribution in [3.63, 3.8) is 0 Å². The van der Waals surface area contributed by atoms with Crippen molar-refractivity contribution in [1.29, 1.82) is 0 Å². The zero-order valence-corrected chi connectivity index (χ0v) is 16.1. The van der Waals surface area contributed by atoms with Gasteiger partial charge < -0.3 is 10.0 Å². The van der Waals surface area contributed by atoms with Crippen molar-refractivity contribution in [3.8, 4) is 11.8 Å². The second kappa shape index (κ2) is 8.41. The van der Waals surface area contributed by atoms with E-state index in [1.165, 1.54) is 0 Å². The lowest BCUT2D eigenvalue weighted by atomic mass is 9.97. The number of benzene rings is 1. The van der Waals surface area contributed by atoms with Crippen LogP contribution in [-0.2, 0) is 6.54 Å². The summed E-state index contributed by atoms with van der Waals surface area (Å²) in [7, 11) is 0. The Morgan fingerprint density at radius 3 is 2.93 bits per heavy atom. The third-order valence-electron chi connectivity index (χ3n) is 4.76. The molecule has 5 nitrogen and oxygen atoms in total. The largest absolute Gasteiger partial charge is 0.378 e. The number of nitrogens with zero attached hydrogens (tertiary/aromatic N) is 3. The van der Waals surface area contributed by atoms with E-state index in [1.807, 2.05) is 46.1 Å². The summed E-state index contributed by atoms with van der Waals surface area (Å²) in [6.45, 7) is 4.90. The van der Waals surface area contributed by atoms with Gasteiger partial charge in [-0.05, 0) is 63.8 Å². The molecule has 0 bridgehead atoms. The van der Waals surface area contributed by atoms with Crippen LogP contribution in [0.1, 0.15) is 55.5 Å². The van der Waals surface area contributed by atoms with Gasteiger partial charge in [-0.2, -0.15) is 5.10 Å². The quantitative estimate of drug-likeness (QED) is 0.847. The Morgan fingerprint density at radius 2 is 2.19 bits per heavy atom. The predicted octanol–water partition coefficient (Wildman–Crippen LogP) is 3.09. The normalized spacial score (nSPS) is 17.3. The smallest absolute Gasteiger partial charge is 0.254 e. The van der Waals surface area contributed by atoms with Gasteiger partial charge in [0.15, 0.2) is 0 Å². The average Bonchev–Trinajstić information content (AvgIpc) is 3.18. The molecule has 0 aliphatic carbocycles. The number of aliphatic hydroxyl groups is 1. The van der Waals surface area contributed by atoms with Crippen LogP contribution in [0.4, 0.5) is 0 Å². The number of hydrogen-bond donors (Lipinski definition) is 1. The van der Waals surface area contributed by atoms with Crippen molar-refractivity contribution in [2.75, 3.05) is 6.54 Å². The second-order valence-electron chi connectivity index (χ2n) is 7.60. The highest BCUT2D eigenvalue weighted by Gasteiger charge is 2.27. The van der Waals surface area contributed by atoms with E-state index in [4.69, 9.17) is 0 Å². The third-order valence-corrected chi connectivity index (χ3v) is 4.76. The number of likely N-dealkylation sites (tertiary alicyclic amines) is 1. The van der Waals surface area contributed by atoms with E-state index in [0.29, 0.717) is 5.56 Å². The van der Waals surface area contributed by atoms with E-state index in [2.05, 4.69) is 16.9 Å². The summed E-state index contributed by atoms with van der Waals surface area (Å²) < 4.78 is 1.92. The van der Waals surface area contributed by atoms with E-state index in [-0.39, 0.29) is 11.9 Å². The van der Waals surface area contributed by atoms with Crippen molar-refractivity contribution in [1.82, 2.24) is 14.7 Å². The molecule has 1 fully saturated rings. The molecule has 1 aromatic carbocycles. The van der Waals surface area contributed by atoms with E-state index in [9.17, 15) is 9.90 Å². The minimum Gasteiger partial charge on any atom is -0.378 e. The lowest BCUT2D eigenvalue weighted by Gasteiger charge is -2.36. The topological polar surface area (TPSA) is 58.4 Å². The molecule has 1 unspecified atom stereocenters. The third kappa shape index (κ3) is 5.45. The molecule has 2 aromatic rings. The molecule has 1 saturated heterocycles. The van der Waals surface area contributed by atoms with E-state index < -0.39 is 5.60 Å². The van der Waals surface area contributed by atoms with Crippen LogP contribution in [0.3, 0.4) is 0 Å². The Hall–Kier alpha value is -2.58. The maximum Gasteiger partial charge on any atom is 0.254 e. The van der Waals surface area contributed by atoms with E-state index >= 15 is 0 Å². The molecule has 3 rings (SSSR count). The van der Waals surface area contributed by atoms with E-state index in [0.717, 1.165) is 44.3 Å². The molecule has 0 spiro atoms. The Bertz CT molecular complexity index is 825. The maximum absolute atomic E-state index is 13.1. The summed E-state index contributed by atoms with van der Waals surface area (Å²) in [5.41, 5.74) is 0.349. The highest BCUT2D eigenvalue weighted by Crippen LogP contribution is 2.23. The maximum atomic E-state index is 13.1. The molecule has 1 N–H and O–H groups in total. The first-order valence-corrected chi connectivity index (χ1v) is 9.56. The zero-order chi connectivity index (χ0) is 19.3. The number of carbonyl (C=O) groups is 1. The number of carbonyl (C=O) groups excluding carboxylic acids is 1. The minimum atomic E-state index is -1.05. The second-order valence-corrected chi connectivity index (χ2v) is 7.60. The van der Waals surface area contributed by atoms with Crippen LogP contribution in [0.15, 0.2) is 42.7 Å². The molecule has 0 saturated carbocycles. The number of piperidine rings is 1. The lowest BCUT2D eigenvalue weighted by Crippen LogP contribution is -2.44. The Morgan fingerprint density at radius 1 is 1.33 bits per heavy atom. The van der Waals surface area contributed by atoms with Gasteiger partial charge in [0.05, 0.1) is 0 Å². The van der Waals surface area contributed by atoms with Crippen molar-refractivity contribution in [2.45, 2.75) is 57.7 Å². The summed E-state index contributed by atoms with van der Waals surface area (Å²) in [4.78, 5) is 15.1. The van der Waals surface area contributed by atoms with Crippen LogP contribution in [0.2, 0.25) is 0 Å². The van der Waals surface area contributed by atoms with Crippen LogP contribution >= 0.6 is 0 Å². The fourth-order valence-corrected chi connectivity index (χ4v) is 3.40. The molecule has 5 heteroatoms. The van der Waals surface area contributed by atoms with Crippen LogP contribution in [-0.4, -0.2) is 43.9 Å². The first-order valence-electron chi connectivity index (χ1n) is 9.56. The van der Waals surface area contributed by atoms with Crippen LogP contribution in [0.25, 0.3) is 0 Å². The highest BCUT2D eigenvalue weighted by atomic mass is 16.3. The van der Waals surface area contributed by atoms with Crippen LogP contribution < -0.4 is 0 Å². The van der Waals surface area contributed by atoms with Crippen molar-refractivity contribution in [3.05, 3.63) is 53.9 Å². The van der Waals surface area contributed by atoms with Gasteiger partial charge in [-0.15, -0.1) is 0 Å². The lowest BCUT2D eigenvalue weighted by molar-refractivity contribution is 0.0594. The number of amides is 1. The molecule has 2 heterocycles. The molecule has 1 amide bonds. The fourth-order valence-electron chi connectivity index (χ4n) is 3.40. The monoisotopic (exact) mass is 365 g/mol. The van der Waals surface area contributed by atoms with Gasteiger partial charge in [0.2, 0.25) is 0 Å². The summed E-state index contributed by atoms with van der Waals surface area (Å²) in [6, 6.07) is 9.54. The van der Waals surface area contributed by atoms with Crippen molar-refractivity contribution >= 4 is 5.91 Å². The number of hydrogen-bond acceptors (Lipinski definition) is 3. The summed E-state index contributed by atoms with van der Waals surface area (Å²) >= 11 is 0. The Kier molecular flexibility index (Phi) is 5.98. The van der Waals surface area contributed by atoms with Gasteiger partial charge in [-0.1, -0.05) is 17.9 Å². The summed E-state index contributed by atoms with van der Waals surface area (Å²) in [5, 5.41) is 14.0. The summed E-state index contributed by atoms with van der Waals surface area (Å²) in [6.07, 6.45) is 7.88. The SMILES string of the molecule is CC(C)(O)C#Cc1cccc(C(=O)N2CCCCC2CCn2cccn2)c1. The summed E-state index contributed by atoms with van der Waals surface area (Å²) in [5.74, 6) is 5.82.